The van der Waals surface area contributed by atoms with Crippen molar-refractivity contribution in [2.45, 2.75) is 6.54 Å². The number of hydrogen-bond acceptors (Lipinski definition) is 5. The van der Waals surface area contributed by atoms with Gasteiger partial charge in [0.2, 0.25) is 5.82 Å². The highest BCUT2D eigenvalue weighted by atomic mass is 16.6. The maximum atomic E-state index is 10.5. The van der Waals surface area contributed by atoms with E-state index in [1.807, 2.05) is 0 Å². The Labute approximate surface area is 79.1 Å². The topological polar surface area (TPSA) is 93.5 Å². The van der Waals surface area contributed by atoms with Crippen molar-refractivity contribution in [1.82, 2.24) is 9.55 Å². The summed E-state index contributed by atoms with van der Waals surface area (Å²) in [6.07, 6.45) is 3.61. The molecule has 0 amide bonds. The van der Waals surface area contributed by atoms with E-state index >= 15 is 0 Å². The van der Waals surface area contributed by atoms with E-state index in [-0.39, 0.29) is 18.2 Å². The number of oxime groups is 1. The van der Waals surface area contributed by atoms with E-state index < -0.39 is 4.92 Å². The predicted octanol–water partition coefficient (Wildman–Crippen LogP) is 0.785. The van der Waals surface area contributed by atoms with Crippen LogP contribution < -0.4 is 0 Å². The lowest BCUT2D eigenvalue weighted by Gasteiger charge is -1.97. The number of allylic oxidation sites excluding steroid dienone is 1. The fourth-order valence-corrected chi connectivity index (χ4v) is 0.997. The van der Waals surface area contributed by atoms with Gasteiger partial charge in [0, 0.05) is 0 Å². The number of imidazole rings is 1. The van der Waals surface area contributed by atoms with E-state index in [4.69, 9.17) is 5.21 Å². The fourth-order valence-electron chi connectivity index (χ4n) is 0.997. The average molecular weight is 196 g/mol. The summed E-state index contributed by atoms with van der Waals surface area (Å²) in [4.78, 5) is 13.7. The maximum Gasteiger partial charge on any atom is 0.343 e. The Morgan fingerprint density at radius 1 is 1.86 bits per heavy atom. The van der Waals surface area contributed by atoms with Gasteiger partial charge in [-0.15, -0.1) is 0 Å². The first kappa shape index (κ1) is 9.90. The molecule has 0 aliphatic carbocycles. The van der Waals surface area contributed by atoms with Crippen LogP contribution in [0.3, 0.4) is 0 Å². The van der Waals surface area contributed by atoms with Crippen molar-refractivity contribution in [3.05, 3.63) is 34.8 Å². The molecular formula is C7H8N4O3. The molecule has 7 nitrogen and oxygen atoms in total. The van der Waals surface area contributed by atoms with Crippen LogP contribution in [0.2, 0.25) is 0 Å². The second-order valence-corrected chi connectivity index (χ2v) is 2.38. The lowest BCUT2D eigenvalue weighted by Crippen LogP contribution is -2.05. The highest BCUT2D eigenvalue weighted by Gasteiger charge is 2.17. The maximum absolute atomic E-state index is 10.5. The Balaban J connectivity index is 3.19. The summed E-state index contributed by atoms with van der Waals surface area (Å²) in [5, 5.41) is 21.6. The second kappa shape index (κ2) is 4.17. The van der Waals surface area contributed by atoms with E-state index in [9.17, 15) is 10.1 Å². The molecule has 1 heterocycles. The molecule has 0 saturated carbocycles. The molecular weight excluding hydrogens is 188 g/mol. The van der Waals surface area contributed by atoms with E-state index in [0.717, 1.165) is 12.4 Å². The summed E-state index contributed by atoms with van der Waals surface area (Å²) in [7, 11) is 0. The molecule has 0 aliphatic heterocycles. The third-order valence-corrected chi connectivity index (χ3v) is 1.54. The first-order chi connectivity index (χ1) is 6.70. The second-order valence-electron chi connectivity index (χ2n) is 2.38. The van der Waals surface area contributed by atoms with Gasteiger partial charge in [0.15, 0.2) is 0 Å². The summed E-state index contributed by atoms with van der Waals surface area (Å²) in [5.74, 6) is 0.0406. The average Bonchev–Trinajstić information content (AvgIpc) is 2.50. The molecule has 0 saturated heterocycles. The van der Waals surface area contributed by atoms with Crippen LogP contribution in [0.4, 0.5) is 5.82 Å². The van der Waals surface area contributed by atoms with Crippen LogP contribution in [0.1, 0.15) is 5.82 Å². The molecule has 0 aliphatic rings. The molecule has 0 spiro atoms. The summed E-state index contributed by atoms with van der Waals surface area (Å²) in [6.45, 7) is 3.69. The van der Waals surface area contributed by atoms with Crippen molar-refractivity contribution >= 4 is 12.0 Å². The number of aromatic nitrogens is 2. The Bertz CT molecular complexity index is 382. The summed E-state index contributed by atoms with van der Waals surface area (Å²) in [5.41, 5.74) is 0. The van der Waals surface area contributed by atoms with Gasteiger partial charge in [0.1, 0.15) is 19.0 Å². The fraction of sp³-hybridized carbons (Fsp3) is 0.143. The Morgan fingerprint density at radius 2 is 2.57 bits per heavy atom. The van der Waals surface area contributed by atoms with Crippen LogP contribution in [0, 0.1) is 10.1 Å². The molecule has 1 N–H and O–H groups in total. The zero-order chi connectivity index (χ0) is 10.6. The third kappa shape index (κ3) is 1.76. The first-order valence-electron chi connectivity index (χ1n) is 3.69. The van der Waals surface area contributed by atoms with Crippen LogP contribution in [-0.4, -0.2) is 25.9 Å². The molecule has 1 aromatic heterocycles. The SMILES string of the molecule is C=CCn1c([N+](=O)[O-])cnc1/C=N\O. The molecule has 0 fully saturated rings. The molecule has 1 rings (SSSR count). The Kier molecular flexibility index (Phi) is 2.95. The summed E-state index contributed by atoms with van der Waals surface area (Å²) < 4.78 is 1.27. The summed E-state index contributed by atoms with van der Waals surface area (Å²) in [6, 6.07) is 0. The van der Waals surface area contributed by atoms with E-state index in [1.165, 1.54) is 10.6 Å². The molecule has 0 aromatic carbocycles. The molecule has 0 radical (unpaired) electrons. The lowest BCUT2D eigenvalue weighted by molar-refractivity contribution is -0.392. The number of nitrogens with zero attached hydrogens (tertiary/aromatic N) is 4. The largest absolute Gasteiger partial charge is 0.411 e. The smallest absolute Gasteiger partial charge is 0.343 e. The highest BCUT2D eigenvalue weighted by Crippen LogP contribution is 2.12. The zero-order valence-corrected chi connectivity index (χ0v) is 7.20. The van der Waals surface area contributed by atoms with Crippen molar-refractivity contribution < 1.29 is 10.1 Å². The molecule has 14 heavy (non-hydrogen) atoms. The Morgan fingerprint density at radius 3 is 3.07 bits per heavy atom. The Hall–Kier alpha value is -2.18. The van der Waals surface area contributed by atoms with Crippen LogP contribution in [0.15, 0.2) is 24.0 Å². The standard InChI is InChI=1S/C7H8N4O3/c1-2-3-10-6(4-9-12)8-5-7(10)11(13)14/h2,4-5,12H,1,3H2/b9-4-. The summed E-state index contributed by atoms with van der Waals surface area (Å²) >= 11 is 0. The molecule has 1 aromatic rings. The molecule has 0 unspecified atom stereocenters. The monoisotopic (exact) mass is 196 g/mol. The first-order valence-corrected chi connectivity index (χ1v) is 3.69. The van der Waals surface area contributed by atoms with E-state index in [2.05, 4.69) is 16.7 Å². The quantitative estimate of drug-likeness (QED) is 0.253. The van der Waals surface area contributed by atoms with Crippen LogP contribution >= 0.6 is 0 Å². The van der Waals surface area contributed by atoms with Gasteiger partial charge in [-0.25, -0.2) is 9.55 Å². The van der Waals surface area contributed by atoms with Crippen LogP contribution in [0.25, 0.3) is 0 Å². The number of hydrogen-bond donors (Lipinski definition) is 1. The zero-order valence-electron chi connectivity index (χ0n) is 7.20. The van der Waals surface area contributed by atoms with Gasteiger partial charge in [-0.3, -0.25) is 0 Å². The third-order valence-electron chi connectivity index (χ3n) is 1.54. The van der Waals surface area contributed by atoms with Crippen molar-refractivity contribution in [2.75, 3.05) is 0 Å². The minimum absolute atomic E-state index is 0.167. The van der Waals surface area contributed by atoms with Crippen molar-refractivity contribution in [2.24, 2.45) is 5.16 Å². The van der Waals surface area contributed by atoms with E-state index in [0.29, 0.717) is 0 Å². The van der Waals surface area contributed by atoms with Gasteiger partial charge in [0.05, 0.1) is 0 Å². The minimum atomic E-state index is -0.564. The van der Waals surface area contributed by atoms with Gasteiger partial charge in [-0.1, -0.05) is 17.8 Å². The molecule has 0 bridgehead atoms. The van der Waals surface area contributed by atoms with E-state index in [1.54, 1.807) is 0 Å². The van der Waals surface area contributed by atoms with Crippen molar-refractivity contribution in [3.63, 3.8) is 0 Å². The van der Waals surface area contributed by atoms with Gasteiger partial charge in [-0.2, -0.15) is 0 Å². The van der Waals surface area contributed by atoms with Gasteiger partial charge in [0.25, 0.3) is 0 Å². The van der Waals surface area contributed by atoms with Gasteiger partial charge >= 0.3 is 5.82 Å². The van der Waals surface area contributed by atoms with Gasteiger partial charge in [-0.05, 0) is 4.92 Å². The molecule has 7 heteroatoms. The normalized spacial score (nSPS) is 10.6. The molecule has 0 atom stereocenters. The predicted molar refractivity (Wildman–Crippen MR) is 48.5 cm³/mol. The minimum Gasteiger partial charge on any atom is -0.411 e. The van der Waals surface area contributed by atoms with Gasteiger partial charge < -0.3 is 15.3 Å². The lowest BCUT2D eigenvalue weighted by atomic mass is 10.5. The number of nitro groups is 1. The van der Waals surface area contributed by atoms with Crippen LogP contribution in [-0.2, 0) is 6.54 Å². The molecule has 74 valence electrons. The van der Waals surface area contributed by atoms with Crippen molar-refractivity contribution in [3.8, 4) is 0 Å². The highest BCUT2D eigenvalue weighted by molar-refractivity contribution is 5.75. The number of rotatable bonds is 4. The van der Waals surface area contributed by atoms with Crippen LogP contribution in [0.5, 0.6) is 0 Å². The van der Waals surface area contributed by atoms with Crippen molar-refractivity contribution in [1.29, 1.82) is 0 Å².